The first kappa shape index (κ1) is 10.9. The quantitative estimate of drug-likeness (QED) is 0.753. The van der Waals surface area contributed by atoms with E-state index in [1.165, 1.54) is 0 Å². The van der Waals surface area contributed by atoms with Crippen molar-refractivity contribution in [3.8, 4) is 11.4 Å². The van der Waals surface area contributed by atoms with Crippen LogP contribution in [0.15, 0.2) is 42.9 Å². The van der Waals surface area contributed by atoms with Crippen molar-refractivity contribution in [1.29, 1.82) is 0 Å². The largest absolute Gasteiger partial charge is 0.395 e. The molecule has 0 fully saturated rings. The molecule has 0 amide bonds. The second-order valence-electron chi connectivity index (χ2n) is 3.90. The van der Waals surface area contributed by atoms with E-state index in [2.05, 4.69) is 15.0 Å². The van der Waals surface area contributed by atoms with E-state index in [1.54, 1.807) is 18.6 Å². The van der Waals surface area contributed by atoms with Gasteiger partial charge in [-0.15, -0.1) is 0 Å². The molecule has 1 N–H and O–H groups in total. The van der Waals surface area contributed by atoms with E-state index in [1.807, 2.05) is 28.8 Å². The van der Waals surface area contributed by atoms with Gasteiger partial charge in [0.1, 0.15) is 11.3 Å². The number of nitrogens with zero attached hydrogens (tertiary/aromatic N) is 4. The fourth-order valence-electron chi connectivity index (χ4n) is 1.99. The molecule has 0 spiro atoms. The summed E-state index contributed by atoms with van der Waals surface area (Å²) in [6, 6.07) is 7.58. The average Bonchev–Trinajstić information content (AvgIpc) is 2.80. The van der Waals surface area contributed by atoms with Gasteiger partial charge in [0.15, 0.2) is 5.65 Å². The lowest BCUT2D eigenvalue weighted by Gasteiger charge is -2.05. The minimum absolute atomic E-state index is 0.0509. The summed E-state index contributed by atoms with van der Waals surface area (Å²) >= 11 is 0. The van der Waals surface area contributed by atoms with Gasteiger partial charge >= 0.3 is 0 Å². The Morgan fingerprint density at radius 1 is 1.17 bits per heavy atom. The van der Waals surface area contributed by atoms with Gasteiger partial charge in [0.05, 0.1) is 6.61 Å². The van der Waals surface area contributed by atoms with Crippen molar-refractivity contribution >= 4 is 11.2 Å². The van der Waals surface area contributed by atoms with Crippen LogP contribution < -0.4 is 0 Å². The maximum absolute atomic E-state index is 9.18. The molecule has 0 aliphatic rings. The molecular weight excluding hydrogens is 228 g/mol. The topological polar surface area (TPSA) is 63.8 Å². The molecule has 3 aromatic rings. The number of hydrogen-bond donors (Lipinski definition) is 1. The third-order valence-electron chi connectivity index (χ3n) is 2.75. The van der Waals surface area contributed by atoms with E-state index in [4.69, 9.17) is 0 Å². The normalized spacial score (nSPS) is 10.9. The molecule has 0 bridgehead atoms. The van der Waals surface area contributed by atoms with Crippen LogP contribution in [-0.4, -0.2) is 31.2 Å². The second kappa shape index (κ2) is 4.54. The lowest BCUT2D eigenvalue weighted by molar-refractivity contribution is 0.278. The van der Waals surface area contributed by atoms with E-state index >= 15 is 0 Å². The first-order chi connectivity index (χ1) is 8.90. The van der Waals surface area contributed by atoms with Crippen LogP contribution in [-0.2, 0) is 6.54 Å². The number of hydrogen-bond acceptors (Lipinski definition) is 4. The predicted octanol–water partition coefficient (Wildman–Crippen LogP) is 1.49. The molecule has 5 nitrogen and oxygen atoms in total. The minimum atomic E-state index is 0.0509. The summed E-state index contributed by atoms with van der Waals surface area (Å²) in [5.41, 5.74) is 2.53. The molecule has 5 heteroatoms. The highest BCUT2D eigenvalue weighted by Crippen LogP contribution is 2.22. The number of fused-ring (bicyclic) bond motifs is 1. The molecule has 3 aromatic heterocycles. The van der Waals surface area contributed by atoms with Crippen LogP contribution in [0.3, 0.4) is 0 Å². The fourth-order valence-corrected chi connectivity index (χ4v) is 1.99. The SMILES string of the molecule is OCCn1c(-c2cccnc2)nc2cccnc21. The van der Waals surface area contributed by atoms with Gasteiger partial charge < -0.3 is 9.67 Å². The lowest BCUT2D eigenvalue weighted by atomic mass is 10.3. The van der Waals surface area contributed by atoms with Crippen LogP contribution >= 0.6 is 0 Å². The van der Waals surface area contributed by atoms with Crippen LogP contribution in [0.1, 0.15) is 0 Å². The Morgan fingerprint density at radius 2 is 2.06 bits per heavy atom. The number of aromatic nitrogens is 4. The van der Waals surface area contributed by atoms with E-state index in [0.29, 0.717) is 6.54 Å². The van der Waals surface area contributed by atoms with Gasteiger partial charge in [-0.25, -0.2) is 9.97 Å². The van der Waals surface area contributed by atoms with Crippen LogP contribution in [0, 0.1) is 0 Å². The summed E-state index contributed by atoms with van der Waals surface area (Å²) in [7, 11) is 0. The van der Waals surface area contributed by atoms with Gasteiger partial charge in [0.25, 0.3) is 0 Å². The Bertz CT molecular complexity index is 663. The molecular formula is C13H12N4O. The zero-order valence-corrected chi connectivity index (χ0v) is 9.69. The Morgan fingerprint density at radius 3 is 2.83 bits per heavy atom. The third kappa shape index (κ3) is 1.74. The van der Waals surface area contributed by atoms with Crippen LogP contribution in [0.2, 0.25) is 0 Å². The summed E-state index contributed by atoms with van der Waals surface area (Å²) < 4.78 is 1.91. The predicted molar refractivity (Wildman–Crippen MR) is 67.8 cm³/mol. The molecule has 0 aliphatic heterocycles. The smallest absolute Gasteiger partial charge is 0.160 e. The second-order valence-corrected chi connectivity index (χ2v) is 3.90. The van der Waals surface area contributed by atoms with Gasteiger partial charge in [-0.05, 0) is 24.3 Å². The van der Waals surface area contributed by atoms with Crippen molar-refractivity contribution in [3.05, 3.63) is 42.9 Å². The van der Waals surface area contributed by atoms with E-state index in [-0.39, 0.29) is 6.61 Å². The van der Waals surface area contributed by atoms with E-state index < -0.39 is 0 Å². The molecule has 90 valence electrons. The highest BCUT2D eigenvalue weighted by Gasteiger charge is 2.12. The summed E-state index contributed by atoms with van der Waals surface area (Å²) in [6.45, 7) is 0.521. The first-order valence-electron chi connectivity index (χ1n) is 5.72. The van der Waals surface area contributed by atoms with Gasteiger partial charge in [0.2, 0.25) is 0 Å². The Balaban J connectivity index is 2.25. The van der Waals surface area contributed by atoms with Gasteiger partial charge in [-0.3, -0.25) is 4.98 Å². The maximum Gasteiger partial charge on any atom is 0.160 e. The molecule has 0 unspecified atom stereocenters. The lowest BCUT2D eigenvalue weighted by Crippen LogP contribution is -2.05. The average molecular weight is 240 g/mol. The fraction of sp³-hybridized carbons (Fsp3) is 0.154. The molecule has 0 saturated carbocycles. The molecule has 0 saturated heterocycles. The highest BCUT2D eigenvalue weighted by atomic mass is 16.3. The standard InChI is InChI=1S/C13H12N4O/c18-8-7-17-12(10-3-1-5-14-9-10)16-11-4-2-6-15-13(11)17/h1-6,9,18H,7-8H2. The number of pyridine rings is 2. The molecule has 18 heavy (non-hydrogen) atoms. The Labute approximate surface area is 104 Å². The van der Waals surface area contributed by atoms with Gasteiger partial charge in [0, 0.05) is 30.7 Å². The third-order valence-corrected chi connectivity index (χ3v) is 2.75. The van der Waals surface area contributed by atoms with Crippen LogP contribution in [0.4, 0.5) is 0 Å². The van der Waals surface area contributed by atoms with E-state index in [0.717, 1.165) is 22.6 Å². The van der Waals surface area contributed by atoms with Crippen molar-refractivity contribution in [2.75, 3.05) is 6.61 Å². The van der Waals surface area contributed by atoms with Crippen molar-refractivity contribution in [2.45, 2.75) is 6.54 Å². The number of rotatable bonds is 3. The zero-order valence-electron chi connectivity index (χ0n) is 9.69. The molecule has 3 heterocycles. The number of aliphatic hydroxyl groups excluding tert-OH is 1. The van der Waals surface area contributed by atoms with Gasteiger partial charge in [-0.2, -0.15) is 0 Å². The number of aliphatic hydroxyl groups is 1. The summed E-state index contributed by atoms with van der Waals surface area (Å²) in [6.07, 6.45) is 5.21. The monoisotopic (exact) mass is 240 g/mol. The molecule has 0 aromatic carbocycles. The van der Waals surface area contributed by atoms with Gasteiger partial charge in [-0.1, -0.05) is 0 Å². The Kier molecular flexibility index (Phi) is 2.74. The molecule has 0 atom stereocenters. The van der Waals surface area contributed by atoms with Crippen LogP contribution in [0.5, 0.6) is 0 Å². The number of imidazole rings is 1. The molecule has 3 rings (SSSR count). The zero-order chi connectivity index (χ0) is 12.4. The first-order valence-corrected chi connectivity index (χ1v) is 5.72. The minimum Gasteiger partial charge on any atom is -0.395 e. The molecule has 0 aliphatic carbocycles. The summed E-state index contributed by atoms with van der Waals surface area (Å²) in [5, 5.41) is 9.18. The summed E-state index contributed by atoms with van der Waals surface area (Å²) in [4.78, 5) is 13.0. The highest BCUT2D eigenvalue weighted by molar-refractivity contribution is 5.76. The Hall–Kier alpha value is -2.27. The van der Waals surface area contributed by atoms with Crippen molar-refractivity contribution in [2.24, 2.45) is 0 Å². The van der Waals surface area contributed by atoms with Crippen molar-refractivity contribution < 1.29 is 5.11 Å². The van der Waals surface area contributed by atoms with E-state index in [9.17, 15) is 5.11 Å². The van der Waals surface area contributed by atoms with Crippen molar-refractivity contribution in [3.63, 3.8) is 0 Å². The van der Waals surface area contributed by atoms with Crippen molar-refractivity contribution in [1.82, 2.24) is 19.5 Å². The van der Waals surface area contributed by atoms with Crippen LogP contribution in [0.25, 0.3) is 22.6 Å². The summed E-state index contributed by atoms with van der Waals surface area (Å²) in [5.74, 6) is 0.783. The molecule has 0 radical (unpaired) electrons. The maximum atomic E-state index is 9.18.